The van der Waals surface area contributed by atoms with Crippen molar-refractivity contribution < 1.29 is 4.79 Å². The van der Waals surface area contributed by atoms with E-state index >= 15 is 0 Å². The molecule has 1 N–H and O–H groups in total. The molecule has 1 saturated heterocycles. The van der Waals surface area contributed by atoms with Crippen LogP contribution in [-0.2, 0) is 4.79 Å². The summed E-state index contributed by atoms with van der Waals surface area (Å²) in [7, 11) is 0. The Morgan fingerprint density at radius 3 is 3.19 bits per heavy atom. The fraction of sp³-hybridized carbons (Fsp3) is 0.500. The molecule has 21 heavy (non-hydrogen) atoms. The number of nitrogens with one attached hydrogen (secondary N) is 1. The second-order valence-corrected chi connectivity index (χ2v) is 6.96. The van der Waals surface area contributed by atoms with Crippen LogP contribution in [0.3, 0.4) is 0 Å². The lowest BCUT2D eigenvalue weighted by atomic mass is 9.88. The highest BCUT2D eigenvalue weighted by atomic mass is 32.1. The minimum Gasteiger partial charge on any atom is -0.325 e. The number of benzene rings is 1. The maximum absolute atomic E-state index is 12.6. The average molecular weight is 303 g/mol. The Kier molecular flexibility index (Phi) is 3.95. The zero-order chi connectivity index (χ0) is 14.9. The maximum Gasteiger partial charge on any atom is 0.231 e. The first-order valence-corrected chi connectivity index (χ1v) is 8.36. The topological polar surface area (TPSA) is 45.2 Å². The maximum atomic E-state index is 12.6. The predicted molar refractivity (Wildman–Crippen MR) is 87.7 cm³/mol. The fourth-order valence-corrected chi connectivity index (χ4v) is 3.63. The minimum atomic E-state index is -0.286. The smallest absolute Gasteiger partial charge is 0.231 e. The van der Waals surface area contributed by atoms with Gasteiger partial charge in [-0.25, -0.2) is 4.98 Å². The van der Waals surface area contributed by atoms with Gasteiger partial charge < -0.3 is 10.2 Å². The normalized spacial score (nSPS) is 22.8. The highest BCUT2D eigenvalue weighted by Gasteiger charge is 2.39. The van der Waals surface area contributed by atoms with Gasteiger partial charge in [0.05, 0.1) is 21.1 Å². The van der Waals surface area contributed by atoms with Crippen LogP contribution in [0.4, 0.5) is 5.69 Å². The number of hydrogen-bond donors (Lipinski definition) is 1. The van der Waals surface area contributed by atoms with Crippen molar-refractivity contribution in [3.05, 3.63) is 23.7 Å². The standard InChI is InChI=1S/C16H21N3OS/c1-3-7-19-8-6-16(2,10-19)15(20)18-12-4-5-14-13(9-12)17-11-21-14/h4-5,9,11H,3,6-8,10H2,1-2H3,(H,18,20). The van der Waals surface area contributed by atoms with Gasteiger partial charge in [-0.3, -0.25) is 4.79 Å². The summed E-state index contributed by atoms with van der Waals surface area (Å²) in [5.41, 5.74) is 3.33. The molecule has 0 spiro atoms. The van der Waals surface area contributed by atoms with E-state index in [2.05, 4.69) is 29.0 Å². The molecule has 1 aliphatic rings. The van der Waals surface area contributed by atoms with Crippen molar-refractivity contribution in [2.45, 2.75) is 26.7 Å². The largest absolute Gasteiger partial charge is 0.325 e. The predicted octanol–water partition coefficient (Wildman–Crippen LogP) is 3.36. The molecule has 1 aromatic carbocycles. The Labute approximate surface area is 129 Å². The molecular formula is C16H21N3OS. The van der Waals surface area contributed by atoms with E-state index < -0.39 is 0 Å². The van der Waals surface area contributed by atoms with Crippen LogP contribution in [0.5, 0.6) is 0 Å². The highest BCUT2D eigenvalue weighted by molar-refractivity contribution is 7.16. The Bertz CT molecular complexity index is 654. The minimum absolute atomic E-state index is 0.121. The first-order valence-electron chi connectivity index (χ1n) is 7.48. The zero-order valence-corrected chi connectivity index (χ0v) is 13.4. The van der Waals surface area contributed by atoms with Gasteiger partial charge in [0.25, 0.3) is 0 Å². The molecule has 1 aliphatic heterocycles. The molecule has 0 radical (unpaired) electrons. The molecule has 1 aromatic heterocycles. The molecule has 112 valence electrons. The highest BCUT2D eigenvalue weighted by Crippen LogP contribution is 2.32. The van der Waals surface area contributed by atoms with Crippen LogP contribution in [0.2, 0.25) is 0 Å². The van der Waals surface area contributed by atoms with Gasteiger partial charge in [0.1, 0.15) is 0 Å². The number of aromatic nitrogens is 1. The van der Waals surface area contributed by atoms with Gasteiger partial charge in [0.15, 0.2) is 0 Å². The first kappa shape index (κ1) is 14.5. The van der Waals surface area contributed by atoms with E-state index in [1.54, 1.807) is 11.3 Å². The summed E-state index contributed by atoms with van der Waals surface area (Å²) in [4.78, 5) is 19.3. The van der Waals surface area contributed by atoms with E-state index in [4.69, 9.17) is 0 Å². The molecular weight excluding hydrogens is 282 g/mol. The molecule has 0 bridgehead atoms. The second kappa shape index (κ2) is 5.73. The third-order valence-corrected chi connectivity index (χ3v) is 5.04. The Morgan fingerprint density at radius 1 is 1.52 bits per heavy atom. The number of carbonyl (C=O) groups is 1. The molecule has 2 aromatic rings. The van der Waals surface area contributed by atoms with Crippen LogP contribution in [0.15, 0.2) is 23.7 Å². The summed E-state index contributed by atoms with van der Waals surface area (Å²) in [6.07, 6.45) is 2.07. The van der Waals surface area contributed by atoms with Gasteiger partial charge in [-0.1, -0.05) is 6.92 Å². The van der Waals surface area contributed by atoms with Crippen molar-refractivity contribution in [1.82, 2.24) is 9.88 Å². The molecule has 4 nitrogen and oxygen atoms in total. The Balaban J connectivity index is 1.70. The molecule has 0 saturated carbocycles. The van der Waals surface area contributed by atoms with E-state index in [1.165, 1.54) is 0 Å². The second-order valence-electron chi connectivity index (χ2n) is 6.08. The van der Waals surface area contributed by atoms with Gasteiger partial charge in [-0.15, -0.1) is 11.3 Å². The number of rotatable bonds is 4. The van der Waals surface area contributed by atoms with Crippen LogP contribution < -0.4 is 5.32 Å². The molecule has 1 unspecified atom stereocenters. The quantitative estimate of drug-likeness (QED) is 0.942. The number of hydrogen-bond acceptors (Lipinski definition) is 4. The van der Waals surface area contributed by atoms with Gasteiger partial charge in [0, 0.05) is 12.2 Å². The van der Waals surface area contributed by atoms with Crippen molar-refractivity contribution in [2.75, 3.05) is 25.0 Å². The third kappa shape index (κ3) is 2.94. The monoisotopic (exact) mass is 303 g/mol. The molecule has 1 amide bonds. The number of fused-ring (bicyclic) bond motifs is 1. The molecule has 1 fully saturated rings. The SMILES string of the molecule is CCCN1CCC(C)(C(=O)Nc2ccc3scnc3c2)C1. The molecule has 0 aliphatic carbocycles. The van der Waals surface area contributed by atoms with E-state index in [9.17, 15) is 4.79 Å². The molecule has 5 heteroatoms. The van der Waals surface area contributed by atoms with Crippen LogP contribution in [0.1, 0.15) is 26.7 Å². The summed E-state index contributed by atoms with van der Waals surface area (Å²) < 4.78 is 1.15. The lowest BCUT2D eigenvalue weighted by Gasteiger charge is -2.23. The number of nitrogens with zero attached hydrogens (tertiary/aromatic N) is 2. The van der Waals surface area contributed by atoms with Gasteiger partial charge in [-0.2, -0.15) is 0 Å². The number of thiazole rings is 1. The van der Waals surface area contributed by atoms with Gasteiger partial charge >= 0.3 is 0 Å². The number of carbonyl (C=O) groups excluding carboxylic acids is 1. The van der Waals surface area contributed by atoms with Crippen LogP contribution in [-0.4, -0.2) is 35.4 Å². The Morgan fingerprint density at radius 2 is 2.38 bits per heavy atom. The van der Waals surface area contributed by atoms with Gasteiger partial charge in [-0.05, 0) is 51.1 Å². The van der Waals surface area contributed by atoms with Crippen molar-refractivity contribution in [3.63, 3.8) is 0 Å². The van der Waals surface area contributed by atoms with Crippen molar-refractivity contribution in [1.29, 1.82) is 0 Å². The first-order chi connectivity index (χ1) is 10.1. The van der Waals surface area contributed by atoms with E-state index in [0.29, 0.717) is 0 Å². The van der Waals surface area contributed by atoms with Crippen LogP contribution in [0.25, 0.3) is 10.2 Å². The van der Waals surface area contributed by atoms with Crippen LogP contribution in [0, 0.1) is 5.41 Å². The van der Waals surface area contributed by atoms with E-state index in [-0.39, 0.29) is 11.3 Å². The Hall–Kier alpha value is -1.46. The zero-order valence-electron chi connectivity index (χ0n) is 12.6. The summed E-state index contributed by atoms with van der Waals surface area (Å²) in [6.45, 7) is 7.19. The summed E-state index contributed by atoms with van der Waals surface area (Å²) in [5.74, 6) is 0.121. The van der Waals surface area contributed by atoms with Crippen molar-refractivity contribution in [3.8, 4) is 0 Å². The number of likely N-dealkylation sites (tertiary alicyclic amines) is 1. The summed E-state index contributed by atoms with van der Waals surface area (Å²) in [6, 6.07) is 5.93. The van der Waals surface area contributed by atoms with E-state index in [0.717, 1.165) is 48.4 Å². The third-order valence-electron chi connectivity index (χ3n) is 4.23. The number of anilines is 1. The summed E-state index contributed by atoms with van der Waals surface area (Å²) in [5, 5.41) is 3.07. The van der Waals surface area contributed by atoms with Crippen molar-refractivity contribution >= 4 is 33.1 Å². The number of amides is 1. The lowest BCUT2D eigenvalue weighted by Crippen LogP contribution is -2.36. The lowest BCUT2D eigenvalue weighted by molar-refractivity contribution is -0.124. The van der Waals surface area contributed by atoms with E-state index in [1.807, 2.05) is 23.7 Å². The summed E-state index contributed by atoms with van der Waals surface area (Å²) >= 11 is 1.61. The average Bonchev–Trinajstić information content (AvgIpc) is 3.06. The van der Waals surface area contributed by atoms with Crippen molar-refractivity contribution in [2.24, 2.45) is 5.41 Å². The molecule has 1 atom stereocenters. The fourth-order valence-electron chi connectivity index (χ4n) is 2.97. The van der Waals surface area contributed by atoms with Crippen LogP contribution >= 0.6 is 11.3 Å². The van der Waals surface area contributed by atoms with Gasteiger partial charge in [0.2, 0.25) is 5.91 Å². The molecule has 2 heterocycles. The molecule has 3 rings (SSSR count).